The van der Waals surface area contributed by atoms with Crippen LogP contribution in [0.4, 0.5) is 16.4 Å². The summed E-state index contributed by atoms with van der Waals surface area (Å²) in [5, 5.41) is 3.85. The number of nitrogens with zero attached hydrogens (tertiary/aromatic N) is 4. The lowest BCUT2D eigenvalue weighted by atomic mass is 10.2. The number of ether oxygens (including phenoxy) is 1. The highest BCUT2D eigenvalue weighted by atomic mass is 32.1. The first-order valence-corrected chi connectivity index (χ1v) is 10.2. The minimum atomic E-state index is -0.320. The Bertz CT molecular complexity index is 1020. The molecule has 1 aromatic carbocycles. The molecule has 1 aliphatic heterocycles. The lowest BCUT2D eigenvalue weighted by Gasteiger charge is -2.34. The van der Waals surface area contributed by atoms with Gasteiger partial charge in [-0.25, -0.2) is 19.6 Å². The summed E-state index contributed by atoms with van der Waals surface area (Å²) in [5.41, 5.74) is 0.699. The molecule has 9 heteroatoms. The summed E-state index contributed by atoms with van der Waals surface area (Å²) >= 11 is 1.38. The summed E-state index contributed by atoms with van der Waals surface area (Å²) in [6.07, 6.45) is 3.44. The van der Waals surface area contributed by atoms with Gasteiger partial charge in [-0.2, -0.15) is 0 Å². The van der Waals surface area contributed by atoms with E-state index in [-0.39, 0.29) is 12.0 Å². The third kappa shape index (κ3) is 4.29. The van der Waals surface area contributed by atoms with Crippen molar-refractivity contribution in [1.29, 1.82) is 0 Å². The second kappa shape index (κ2) is 8.44. The van der Waals surface area contributed by atoms with Gasteiger partial charge in [0.05, 0.1) is 6.61 Å². The number of urea groups is 1. The third-order valence-electron chi connectivity index (χ3n) is 4.65. The topological polar surface area (TPSA) is 87.7 Å². The number of piperazine rings is 1. The summed E-state index contributed by atoms with van der Waals surface area (Å²) < 4.78 is 6.03. The fourth-order valence-electron chi connectivity index (χ4n) is 3.19. The van der Waals surface area contributed by atoms with Crippen LogP contribution in [-0.4, -0.2) is 59.7 Å². The molecular weight excluding hydrogens is 390 g/mol. The number of hydrogen-bond acceptors (Lipinski definition) is 7. The van der Waals surface area contributed by atoms with Crippen molar-refractivity contribution >= 4 is 45.1 Å². The van der Waals surface area contributed by atoms with Gasteiger partial charge in [0.2, 0.25) is 5.95 Å². The van der Waals surface area contributed by atoms with Gasteiger partial charge in [0.25, 0.3) is 0 Å². The van der Waals surface area contributed by atoms with E-state index in [0.29, 0.717) is 49.3 Å². The van der Waals surface area contributed by atoms with Gasteiger partial charge >= 0.3 is 12.0 Å². The van der Waals surface area contributed by atoms with E-state index in [9.17, 15) is 9.59 Å². The zero-order valence-corrected chi connectivity index (χ0v) is 16.8. The molecule has 0 saturated carbocycles. The predicted octanol–water partition coefficient (Wildman–Crippen LogP) is 3.22. The predicted molar refractivity (Wildman–Crippen MR) is 113 cm³/mol. The zero-order valence-electron chi connectivity index (χ0n) is 16.0. The zero-order chi connectivity index (χ0) is 20.2. The van der Waals surface area contributed by atoms with E-state index in [1.54, 1.807) is 36.4 Å². The Labute approximate surface area is 172 Å². The highest BCUT2D eigenvalue weighted by molar-refractivity contribution is 7.20. The van der Waals surface area contributed by atoms with E-state index in [1.807, 2.05) is 18.2 Å². The van der Waals surface area contributed by atoms with Crippen molar-refractivity contribution in [2.75, 3.05) is 43.0 Å². The molecule has 1 saturated heterocycles. The minimum Gasteiger partial charge on any atom is -0.462 e. The number of aromatic nitrogens is 2. The number of thiophene rings is 1. The molecule has 29 heavy (non-hydrogen) atoms. The maximum Gasteiger partial charge on any atom is 0.348 e. The largest absolute Gasteiger partial charge is 0.462 e. The van der Waals surface area contributed by atoms with Crippen molar-refractivity contribution < 1.29 is 14.3 Å². The SMILES string of the molecule is CCOC(=O)c1cc2cc(NC(=O)N3CCN(c4ncccn4)CC3)ccc2s1. The first-order chi connectivity index (χ1) is 14.1. The molecule has 0 spiro atoms. The monoisotopic (exact) mass is 411 g/mol. The Balaban J connectivity index is 1.38. The number of fused-ring (bicyclic) bond motifs is 1. The molecule has 0 aliphatic carbocycles. The van der Waals surface area contributed by atoms with Crippen LogP contribution in [0.3, 0.4) is 0 Å². The summed E-state index contributed by atoms with van der Waals surface area (Å²) in [6.45, 7) is 4.69. The van der Waals surface area contributed by atoms with E-state index in [4.69, 9.17) is 4.74 Å². The number of hydrogen-bond donors (Lipinski definition) is 1. The van der Waals surface area contributed by atoms with Crippen molar-refractivity contribution in [1.82, 2.24) is 14.9 Å². The molecule has 1 N–H and O–H groups in total. The number of carbonyl (C=O) groups is 2. The maximum atomic E-state index is 12.6. The second-order valence-electron chi connectivity index (χ2n) is 6.54. The standard InChI is InChI=1S/C20H21N5O3S/c1-2-28-18(26)17-13-14-12-15(4-5-16(14)29-17)23-20(27)25-10-8-24(9-11-25)19-21-6-3-7-22-19/h3-7,12-13H,2,8-11H2,1H3,(H,23,27). The molecule has 0 radical (unpaired) electrons. The van der Waals surface area contributed by atoms with Gasteiger partial charge < -0.3 is 19.9 Å². The number of anilines is 2. The molecule has 2 amide bonds. The van der Waals surface area contributed by atoms with Crippen LogP contribution in [0.25, 0.3) is 10.1 Å². The van der Waals surface area contributed by atoms with Crippen molar-refractivity contribution in [3.63, 3.8) is 0 Å². The average Bonchev–Trinajstić information content (AvgIpc) is 3.18. The molecule has 0 unspecified atom stereocenters. The number of carbonyl (C=O) groups excluding carboxylic acids is 2. The summed E-state index contributed by atoms with van der Waals surface area (Å²) in [4.78, 5) is 37.5. The average molecular weight is 411 g/mol. The van der Waals surface area contributed by atoms with Crippen LogP contribution < -0.4 is 10.2 Å². The first kappa shape index (κ1) is 19.1. The van der Waals surface area contributed by atoms with Gasteiger partial charge in [0.15, 0.2) is 0 Å². The fraction of sp³-hybridized carbons (Fsp3) is 0.300. The lowest BCUT2D eigenvalue weighted by molar-refractivity contribution is 0.0532. The number of amides is 2. The Kier molecular flexibility index (Phi) is 5.57. The maximum absolute atomic E-state index is 12.6. The summed E-state index contributed by atoms with van der Waals surface area (Å²) in [5.74, 6) is 0.368. The highest BCUT2D eigenvalue weighted by Gasteiger charge is 2.22. The van der Waals surface area contributed by atoms with E-state index >= 15 is 0 Å². The van der Waals surface area contributed by atoms with Crippen LogP contribution in [0.1, 0.15) is 16.6 Å². The van der Waals surface area contributed by atoms with Gasteiger partial charge in [-0.3, -0.25) is 0 Å². The quantitative estimate of drug-likeness (QED) is 0.663. The molecule has 3 heterocycles. The van der Waals surface area contributed by atoms with Crippen molar-refractivity contribution in [2.45, 2.75) is 6.92 Å². The fourth-order valence-corrected chi connectivity index (χ4v) is 4.13. The molecule has 0 bridgehead atoms. The molecule has 0 atom stereocenters. The minimum absolute atomic E-state index is 0.140. The normalized spacial score (nSPS) is 14.1. The van der Waals surface area contributed by atoms with E-state index in [1.165, 1.54) is 11.3 Å². The first-order valence-electron chi connectivity index (χ1n) is 9.42. The van der Waals surface area contributed by atoms with E-state index in [2.05, 4.69) is 20.2 Å². The molecule has 3 aromatic rings. The van der Waals surface area contributed by atoms with Crippen molar-refractivity contribution in [3.05, 3.63) is 47.6 Å². The Hall–Kier alpha value is -3.20. The van der Waals surface area contributed by atoms with Gasteiger partial charge in [-0.05, 0) is 42.6 Å². The van der Waals surface area contributed by atoms with Gasteiger partial charge in [0, 0.05) is 49.0 Å². The van der Waals surface area contributed by atoms with Crippen molar-refractivity contribution in [2.24, 2.45) is 0 Å². The van der Waals surface area contributed by atoms with Crippen LogP contribution in [0, 0.1) is 0 Å². The van der Waals surface area contributed by atoms with Crippen LogP contribution in [-0.2, 0) is 4.74 Å². The van der Waals surface area contributed by atoms with Gasteiger partial charge in [-0.15, -0.1) is 11.3 Å². The van der Waals surface area contributed by atoms with Crippen LogP contribution in [0.5, 0.6) is 0 Å². The molecule has 4 rings (SSSR count). The number of benzene rings is 1. The molecule has 8 nitrogen and oxygen atoms in total. The number of nitrogens with one attached hydrogen (secondary N) is 1. The summed E-state index contributed by atoms with van der Waals surface area (Å²) in [6, 6.07) is 9.07. The Morgan fingerprint density at radius 3 is 2.62 bits per heavy atom. The second-order valence-corrected chi connectivity index (χ2v) is 7.62. The van der Waals surface area contributed by atoms with Gasteiger partial charge in [0.1, 0.15) is 4.88 Å². The number of esters is 1. The molecule has 1 fully saturated rings. The van der Waals surface area contributed by atoms with Crippen molar-refractivity contribution in [3.8, 4) is 0 Å². The molecule has 1 aliphatic rings. The third-order valence-corrected chi connectivity index (χ3v) is 5.74. The molecule has 150 valence electrons. The molecule has 2 aromatic heterocycles. The van der Waals surface area contributed by atoms with Crippen LogP contribution >= 0.6 is 11.3 Å². The summed E-state index contributed by atoms with van der Waals surface area (Å²) in [7, 11) is 0. The van der Waals surface area contributed by atoms with Crippen LogP contribution in [0.15, 0.2) is 42.7 Å². The number of rotatable bonds is 4. The highest BCUT2D eigenvalue weighted by Crippen LogP contribution is 2.29. The Morgan fingerprint density at radius 1 is 1.14 bits per heavy atom. The van der Waals surface area contributed by atoms with Crippen LogP contribution in [0.2, 0.25) is 0 Å². The van der Waals surface area contributed by atoms with Gasteiger partial charge in [-0.1, -0.05) is 0 Å². The van der Waals surface area contributed by atoms with E-state index < -0.39 is 0 Å². The molecular formula is C20H21N5O3S. The smallest absolute Gasteiger partial charge is 0.348 e. The Morgan fingerprint density at radius 2 is 1.90 bits per heavy atom. The van der Waals surface area contributed by atoms with E-state index in [0.717, 1.165) is 10.1 Å². The lowest BCUT2D eigenvalue weighted by Crippen LogP contribution is -2.50.